The number of nitro benzene ring substituents is 1. The molecule has 0 unspecified atom stereocenters. The van der Waals surface area contributed by atoms with Gasteiger partial charge >= 0.3 is 0 Å². The van der Waals surface area contributed by atoms with Crippen LogP contribution in [0.4, 0.5) is 5.69 Å². The number of nitro groups is 1. The van der Waals surface area contributed by atoms with Crippen LogP contribution in [0.1, 0.15) is 21.7 Å². The van der Waals surface area contributed by atoms with Crippen LogP contribution in [0.5, 0.6) is 0 Å². The zero-order valence-corrected chi connectivity index (χ0v) is 10.6. The number of hydrogen-bond donors (Lipinski definition) is 1. The van der Waals surface area contributed by atoms with Crippen LogP contribution in [0.25, 0.3) is 0 Å². The molecule has 0 aliphatic rings. The van der Waals surface area contributed by atoms with Crippen molar-refractivity contribution in [3.63, 3.8) is 0 Å². The largest absolute Gasteiger partial charge is 0.469 e. The van der Waals surface area contributed by atoms with E-state index in [1.807, 2.05) is 0 Å². The highest BCUT2D eigenvalue weighted by molar-refractivity contribution is 5.95. The number of nitrogens with one attached hydrogen (secondary N) is 1. The summed E-state index contributed by atoms with van der Waals surface area (Å²) in [5.74, 6) is 0.0889. The summed E-state index contributed by atoms with van der Waals surface area (Å²) in [6.45, 7) is 1.67. The molecule has 1 aromatic carbocycles. The van der Waals surface area contributed by atoms with Gasteiger partial charge in [0.15, 0.2) is 0 Å². The molecule has 7 heteroatoms. The zero-order valence-electron chi connectivity index (χ0n) is 10.6. The zero-order chi connectivity index (χ0) is 14.5. The van der Waals surface area contributed by atoms with Gasteiger partial charge in [-0.3, -0.25) is 14.9 Å². The van der Waals surface area contributed by atoms with Gasteiger partial charge in [0.25, 0.3) is 11.6 Å². The summed E-state index contributed by atoms with van der Waals surface area (Å²) in [7, 11) is 0. The first-order valence-corrected chi connectivity index (χ1v) is 5.70. The first kappa shape index (κ1) is 13.5. The fourth-order valence-corrected chi connectivity index (χ4v) is 1.56. The molecule has 0 radical (unpaired) electrons. The molecule has 0 saturated carbocycles. The topological polar surface area (TPSA) is 97.7 Å². The van der Waals surface area contributed by atoms with E-state index in [-0.39, 0.29) is 5.69 Å². The van der Waals surface area contributed by atoms with E-state index in [0.29, 0.717) is 16.9 Å². The van der Waals surface area contributed by atoms with E-state index in [0.717, 1.165) is 0 Å². The number of hydrazone groups is 1. The molecular weight excluding hydrogens is 262 g/mol. The lowest BCUT2D eigenvalue weighted by atomic mass is 10.2. The molecule has 102 valence electrons. The van der Waals surface area contributed by atoms with Crippen molar-refractivity contribution in [1.82, 2.24) is 5.43 Å². The summed E-state index contributed by atoms with van der Waals surface area (Å²) >= 11 is 0. The van der Waals surface area contributed by atoms with E-state index < -0.39 is 10.8 Å². The minimum Gasteiger partial charge on any atom is -0.469 e. The van der Waals surface area contributed by atoms with E-state index in [9.17, 15) is 14.9 Å². The molecule has 0 aliphatic heterocycles. The molecule has 0 saturated heterocycles. The molecule has 0 aliphatic carbocycles. The van der Waals surface area contributed by atoms with Gasteiger partial charge in [-0.2, -0.15) is 5.10 Å². The second kappa shape index (κ2) is 5.79. The van der Waals surface area contributed by atoms with Gasteiger partial charge in [-0.1, -0.05) is 12.1 Å². The van der Waals surface area contributed by atoms with Crippen LogP contribution < -0.4 is 5.43 Å². The Morgan fingerprint density at radius 1 is 1.45 bits per heavy atom. The minimum atomic E-state index is -0.495. The Morgan fingerprint density at radius 3 is 2.90 bits per heavy atom. The summed E-state index contributed by atoms with van der Waals surface area (Å²) in [6.07, 6.45) is 2.74. The third-order valence-electron chi connectivity index (χ3n) is 2.56. The van der Waals surface area contributed by atoms with Crippen molar-refractivity contribution in [3.8, 4) is 0 Å². The normalized spacial score (nSPS) is 10.7. The van der Waals surface area contributed by atoms with Crippen molar-refractivity contribution < 1.29 is 14.1 Å². The Morgan fingerprint density at radius 2 is 2.25 bits per heavy atom. The first-order valence-electron chi connectivity index (χ1n) is 5.70. The van der Waals surface area contributed by atoms with Crippen LogP contribution in [0.15, 0.2) is 46.1 Å². The Bertz CT molecular complexity index is 676. The third kappa shape index (κ3) is 3.08. The lowest BCUT2D eigenvalue weighted by Gasteiger charge is -1.97. The predicted octanol–water partition coefficient (Wildman–Crippen LogP) is 2.26. The molecule has 20 heavy (non-hydrogen) atoms. The molecule has 0 bridgehead atoms. The number of non-ortho nitro benzene ring substituents is 1. The van der Waals surface area contributed by atoms with Crippen molar-refractivity contribution >= 4 is 17.8 Å². The quantitative estimate of drug-likeness (QED) is 0.524. The van der Waals surface area contributed by atoms with Gasteiger partial charge < -0.3 is 4.42 Å². The second-order valence-electron chi connectivity index (χ2n) is 3.94. The van der Waals surface area contributed by atoms with Crippen molar-refractivity contribution in [2.45, 2.75) is 6.92 Å². The third-order valence-corrected chi connectivity index (χ3v) is 2.56. The van der Waals surface area contributed by atoms with E-state index in [1.54, 1.807) is 19.1 Å². The number of aryl methyl sites for hydroxylation is 1. The number of nitrogens with zero attached hydrogens (tertiary/aromatic N) is 2. The van der Waals surface area contributed by atoms with E-state index >= 15 is 0 Å². The Hall–Kier alpha value is -2.96. The van der Waals surface area contributed by atoms with Gasteiger partial charge in [0, 0.05) is 17.7 Å². The number of carbonyl (C=O) groups is 1. The van der Waals surface area contributed by atoms with Crippen LogP contribution >= 0.6 is 0 Å². The molecule has 0 atom stereocenters. The fourth-order valence-electron chi connectivity index (χ4n) is 1.56. The first-order chi connectivity index (χ1) is 9.58. The molecule has 0 fully saturated rings. The molecule has 1 N–H and O–H groups in total. The van der Waals surface area contributed by atoms with Gasteiger partial charge in [0.1, 0.15) is 5.76 Å². The Kier molecular flexibility index (Phi) is 3.90. The van der Waals surface area contributed by atoms with Gasteiger partial charge in [-0.25, -0.2) is 5.43 Å². The summed E-state index contributed by atoms with van der Waals surface area (Å²) in [6, 6.07) is 7.46. The van der Waals surface area contributed by atoms with E-state index in [1.165, 1.54) is 30.7 Å². The van der Waals surface area contributed by atoms with Crippen molar-refractivity contribution in [3.05, 3.63) is 63.6 Å². The highest BCUT2D eigenvalue weighted by atomic mass is 16.6. The maximum absolute atomic E-state index is 11.7. The van der Waals surface area contributed by atoms with Crippen LogP contribution in [-0.4, -0.2) is 17.0 Å². The SMILES string of the molecule is Cc1occc1C(=O)N/N=C\c1cccc([N+](=O)[O-])c1. The highest BCUT2D eigenvalue weighted by Crippen LogP contribution is 2.11. The van der Waals surface area contributed by atoms with Crippen molar-refractivity contribution in [1.29, 1.82) is 0 Å². The summed E-state index contributed by atoms with van der Waals surface area (Å²) in [4.78, 5) is 21.8. The summed E-state index contributed by atoms with van der Waals surface area (Å²) in [5.41, 5.74) is 3.19. The second-order valence-corrected chi connectivity index (χ2v) is 3.94. The molecule has 1 aromatic heterocycles. The molecule has 0 spiro atoms. The Labute approximate surface area is 114 Å². The number of rotatable bonds is 4. The number of carbonyl (C=O) groups excluding carboxylic acids is 1. The van der Waals surface area contributed by atoms with Gasteiger partial charge in [-0.05, 0) is 13.0 Å². The fraction of sp³-hybridized carbons (Fsp3) is 0.0769. The van der Waals surface area contributed by atoms with Crippen molar-refractivity contribution in [2.24, 2.45) is 5.10 Å². The number of hydrogen-bond acceptors (Lipinski definition) is 5. The predicted molar refractivity (Wildman–Crippen MR) is 71.6 cm³/mol. The summed E-state index contributed by atoms with van der Waals surface area (Å²) < 4.78 is 5.00. The average molecular weight is 273 g/mol. The molecule has 2 aromatic rings. The van der Waals surface area contributed by atoms with Gasteiger partial charge in [0.2, 0.25) is 0 Å². The van der Waals surface area contributed by atoms with E-state index in [2.05, 4.69) is 10.5 Å². The lowest BCUT2D eigenvalue weighted by Crippen LogP contribution is -2.17. The minimum absolute atomic E-state index is 0.0362. The molecule has 1 heterocycles. The molecule has 1 amide bonds. The van der Waals surface area contributed by atoms with Crippen molar-refractivity contribution in [2.75, 3.05) is 0 Å². The highest BCUT2D eigenvalue weighted by Gasteiger charge is 2.10. The van der Waals surface area contributed by atoms with Crippen LogP contribution in [0, 0.1) is 17.0 Å². The molecular formula is C13H11N3O4. The smallest absolute Gasteiger partial charge is 0.274 e. The Balaban J connectivity index is 2.04. The van der Waals surface area contributed by atoms with Crippen LogP contribution in [0.2, 0.25) is 0 Å². The number of amides is 1. The lowest BCUT2D eigenvalue weighted by molar-refractivity contribution is -0.384. The van der Waals surface area contributed by atoms with Gasteiger partial charge in [0.05, 0.1) is 23.0 Å². The van der Waals surface area contributed by atoms with Gasteiger partial charge in [-0.15, -0.1) is 0 Å². The average Bonchev–Trinajstić information content (AvgIpc) is 2.85. The monoisotopic (exact) mass is 273 g/mol. The molecule has 7 nitrogen and oxygen atoms in total. The van der Waals surface area contributed by atoms with Crippen LogP contribution in [0.3, 0.4) is 0 Å². The molecule has 2 rings (SSSR count). The standard InChI is InChI=1S/C13H11N3O4/c1-9-12(5-6-20-9)13(17)15-14-8-10-3-2-4-11(7-10)16(18)19/h2-8H,1H3,(H,15,17)/b14-8-. The van der Waals surface area contributed by atoms with Crippen LogP contribution in [-0.2, 0) is 0 Å². The number of furan rings is 1. The van der Waals surface area contributed by atoms with E-state index in [4.69, 9.17) is 4.42 Å². The maximum Gasteiger partial charge on any atom is 0.274 e. The maximum atomic E-state index is 11.7. The summed E-state index contributed by atoms with van der Waals surface area (Å²) in [5, 5.41) is 14.4. The number of benzene rings is 1.